The lowest BCUT2D eigenvalue weighted by Gasteiger charge is -2.17. The zero-order chi connectivity index (χ0) is 6.91. The molecule has 0 heterocycles. The highest BCUT2D eigenvalue weighted by molar-refractivity contribution is 7.83. The summed E-state index contributed by atoms with van der Waals surface area (Å²) in [4.78, 5) is 0. The highest BCUT2D eigenvalue weighted by Crippen LogP contribution is 2.34. The van der Waals surface area contributed by atoms with Crippen LogP contribution in [0.4, 0.5) is 0 Å². The quantitative estimate of drug-likeness (QED) is 0.431. The van der Waals surface area contributed by atoms with E-state index >= 15 is 0 Å². The molecule has 0 nitrogen and oxygen atoms in total. The second-order valence-electron chi connectivity index (χ2n) is 1.97. The third-order valence-corrected chi connectivity index (χ3v) is 1.87. The van der Waals surface area contributed by atoms with Crippen molar-refractivity contribution in [2.75, 3.05) is 0 Å². The molecule has 0 N–H and O–H groups in total. The molecule has 1 aliphatic carbocycles. The maximum absolute atomic E-state index is 5.82. The fourth-order valence-corrected chi connectivity index (χ4v) is 1.57. The van der Waals surface area contributed by atoms with E-state index in [4.69, 9.17) is 23.2 Å². The van der Waals surface area contributed by atoms with E-state index in [1.54, 1.807) is 0 Å². The normalized spacial score (nSPS) is 34.3. The van der Waals surface area contributed by atoms with E-state index in [0.717, 1.165) is 5.03 Å². The van der Waals surface area contributed by atoms with Crippen molar-refractivity contribution in [2.45, 2.75) is 10.6 Å². The Morgan fingerprint density at radius 3 is 2.67 bits per heavy atom. The molecule has 0 aromatic rings. The number of alkyl halides is 1. The number of hydrogen-bond donors (Lipinski definition) is 1. The Labute approximate surface area is 69.9 Å². The van der Waals surface area contributed by atoms with Crippen LogP contribution in [0.3, 0.4) is 0 Å². The molecule has 1 atom stereocenters. The van der Waals surface area contributed by atoms with E-state index in [-0.39, 0.29) is 0 Å². The smallest absolute Gasteiger partial charge is 0.110 e. The Hall–Kier alpha value is 0.410. The van der Waals surface area contributed by atoms with Gasteiger partial charge in [0.15, 0.2) is 0 Å². The molecule has 1 unspecified atom stereocenters. The SMILES string of the molecule is SC1(Cl)C=CC=C(Cl)C1. The number of thiol groups is 1. The number of rotatable bonds is 0. The zero-order valence-corrected chi connectivity index (χ0v) is 7.05. The standard InChI is InChI=1S/C6H6Cl2S/c7-5-2-1-3-6(8,9)4-5/h1-3,9H,4H2. The van der Waals surface area contributed by atoms with Gasteiger partial charge in [0.1, 0.15) is 4.21 Å². The highest BCUT2D eigenvalue weighted by Gasteiger charge is 2.21. The molecule has 0 aliphatic heterocycles. The molecule has 1 rings (SSSR count). The van der Waals surface area contributed by atoms with Crippen molar-refractivity contribution in [3.63, 3.8) is 0 Å². The van der Waals surface area contributed by atoms with Crippen LogP contribution in [0, 0.1) is 0 Å². The Morgan fingerprint density at radius 1 is 1.67 bits per heavy atom. The fourth-order valence-electron chi connectivity index (χ4n) is 0.655. The molecule has 0 spiro atoms. The zero-order valence-electron chi connectivity index (χ0n) is 4.64. The van der Waals surface area contributed by atoms with Crippen LogP contribution < -0.4 is 0 Å². The fraction of sp³-hybridized carbons (Fsp3) is 0.333. The van der Waals surface area contributed by atoms with Gasteiger partial charge >= 0.3 is 0 Å². The Morgan fingerprint density at radius 2 is 2.33 bits per heavy atom. The van der Waals surface area contributed by atoms with Gasteiger partial charge in [-0.15, -0.1) is 11.6 Å². The lowest BCUT2D eigenvalue weighted by molar-refractivity contribution is 0.967. The summed E-state index contributed by atoms with van der Waals surface area (Å²) in [7, 11) is 0. The molecule has 0 saturated carbocycles. The topological polar surface area (TPSA) is 0 Å². The van der Waals surface area contributed by atoms with E-state index in [1.165, 1.54) is 0 Å². The number of hydrogen-bond acceptors (Lipinski definition) is 1. The summed E-state index contributed by atoms with van der Waals surface area (Å²) in [6.45, 7) is 0. The summed E-state index contributed by atoms with van der Waals surface area (Å²) in [6, 6.07) is 0. The van der Waals surface area contributed by atoms with Crippen molar-refractivity contribution in [3.8, 4) is 0 Å². The third kappa shape index (κ3) is 2.24. The largest absolute Gasteiger partial charge is 0.152 e. The molecule has 0 saturated heterocycles. The molecule has 0 bridgehead atoms. The van der Waals surface area contributed by atoms with Crippen LogP contribution in [0.5, 0.6) is 0 Å². The van der Waals surface area contributed by atoms with Gasteiger partial charge in [0, 0.05) is 11.5 Å². The van der Waals surface area contributed by atoms with E-state index in [9.17, 15) is 0 Å². The molecule has 3 heteroatoms. The second kappa shape index (κ2) is 2.57. The van der Waals surface area contributed by atoms with Crippen molar-refractivity contribution in [1.29, 1.82) is 0 Å². The number of halogens is 2. The molecule has 9 heavy (non-hydrogen) atoms. The lowest BCUT2D eigenvalue weighted by atomic mass is 10.2. The summed E-state index contributed by atoms with van der Waals surface area (Å²) < 4.78 is -0.564. The summed E-state index contributed by atoms with van der Waals surface area (Å²) in [6.07, 6.45) is 6.05. The lowest BCUT2D eigenvalue weighted by Crippen LogP contribution is -2.10. The molecule has 1 aliphatic rings. The summed E-state index contributed by atoms with van der Waals surface area (Å²) >= 11 is 15.6. The maximum Gasteiger partial charge on any atom is 0.110 e. The minimum absolute atomic E-state index is 0.564. The van der Waals surface area contributed by atoms with Gasteiger partial charge in [-0.05, 0) is 6.08 Å². The minimum atomic E-state index is -0.564. The van der Waals surface area contributed by atoms with Crippen molar-refractivity contribution in [2.24, 2.45) is 0 Å². The van der Waals surface area contributed by atoms with Crippen molar-refractivity contribution >= 4 is 35.8 Å². The van der Waals surface area contributed by atoms with Crippen LogP contribution in [0.25, 0.3) is 0 Å². The van der Waals surface area contributed by atoms with Crippen LogP contribution in [0.2, 0.25) is 0 Å². The maximum atomic E-state index is 5.82. The molecular weight excluding hydrogens is 175 g/mol. The second-order valence-corrected chi connectivity index (χ2v) is 4.19. The summed E-state index contributed by atoms with van der Waals surface area (Å²) in [5, 5.41) is 0.752. The van der Waals surface area contributed by atoms with Gasteiger partial charge < -0.3 is 0 Å². The van der Waals surface area contributed by atoms with Gasteiger partial charge in [-0.25, -0.2) is 0 Å². The van der Waals surface area contributed by atoms with Gasteiger partial charge in [0.05, 0.1) is 0 Å². The Balaban J connectivity index is 2.73. The average molecular weight is 181 g/mol. The van der Waals surface area contributed by atoms with E-state index in [2.05, 4.69) is 12.6 Å². The highest BCUT2D eigenvalue weighted by atomic mass is 35.5. The van der Waals surface area contributed by atoms with Crippen LogP contribution in [-0.2, 0) is 0 Å². The van der Waals surface area contributed by atoms with Gasteiger partial charge in [0.2, 0.25) is 0 Å². The van der Waals surface area contributed by atoms with Crippen LogP contribution in [0.15, 0.2) is 23.3 Å². The molecule has 0 aromatic heterocycles. The van der Waals surface area contributed by atoms with Gasteiger partial charge in [-0.3, -0.25) is 0 Å². The molecule has 50 valence electrons. The molecule has 0 fully saturated rings. The van der Waals surface area contributed by atoms with E-state index in [1.807, 2.05) is 18.2 Å². The van der Waals surface area contributed by atoms with Gasteiger partial charge in [0.25, 0.3) is 0 Å². The molecule has 0 radical (unpaired) electrons. The summed E-state index contributed by atoms with van der Waals surface area (Å²) in [5.41, 5.74) is 0. The average Bonchev–Trinajstić information content (AvgIpc) is 1.60. The molecular formula is C6H6Cl2S. The Kier molecular flexibility index (Phi) is 2.14. The minimum Gasteiger partial charge on any atom is -0.152 e. The first kappa shape index (κ1) is 7.52. The van der Waals surface area contributed by atoms with Crippen molar-refractivity contribution in [1.82, 2.24) is 0 Å². The van der Waals surface area contributed by atoms with Crippen molar-refractivity contribution in [3.05, 3.63) is 23.3 Å². The Bertz CT molecular complexity index is 170. The number of allylic oxidation sites excluding steroid dienone is 3. The van der Waals surface area contributed by atoms with E-state index in [0.29, 0.717) is 6.42 Å². The predicted molar refractivity (Wildman–Crippen MR) is 45.3 cm³/mol. The van der Waals surface area contributed by atoms with Crippen LogP contribution in [-0.4, -0.2) is 4.21 Å². The monoisotopic (exact) mass is 180 g/mol. The van der Waals surface area contributed by atoms with Crippen molar-refractivity contribution < 1.29 is 0 Å². The van der Waals surface area contributed by atoms with Crippen LogP contribution >= 0.6 is 35.8 Å². The first-order valence-electron chi connectivity index (χ1n) is 2.55. The first-order valence-corrected chi connectivity index (χ1v) is 3.76. The summed E-state index contributed by atoms with van der Waals surface area (Å²) in [5.74, 6) is 0. The molecule has 0 amide bonds. The third-order valence-electron chi connectivity index (χ3n) is 1.05. The molecule has 0 aromatic carbocycles. The first-order chi connectivity index (χ1) is 4.10. The van der Waals surface area contributed by atoms with Crippen LogP contribution in [0.1, 0.15) is 6.42 Å². The van der Waals surface area contributed by atoms with Gasteiger partial charge in [-0.1, -0.05) is 23.8 Å². The predicted octanol–water partition coefficient (Wildman–Crippen LogP) is 2.93. The van der Waals surface area contributed by atoms with E-state index < -0.39 is 4.21 Å². The van der Waals surface area contributed by atoms with Gasteiger partial charge in [-0.2, -0.15) is 12.6 Å².